The summed E-state index contributed by atoms with van der Waals surface area (Å²) in [6, 6.07) is 4.45. The maximum Gasteiger partial charge on any atom is 0.389 e. The van der Waals surface area contributed by atoms with Gasteiger partial charge in [0.15, 0.2) is 0 Å². The van der Waals surface area contributed by atoms with Crippen molar-refractivity contribution in [3.8, 4) is 0 Å². The SMILES string of the molecule is O=C(O)c1cccc2nnn(CCCC(F)(F)F)c12. The molecule has 0 unspecified atom stereocenters. The van der Waals surface area contributed by atoms with Gasteiger partial charge < -0.3 is 5.11 Å². The highest BCUT2D eigenvalue weighted by atomic mass is 19.4. The highest BCUT2D eigenvalue weighted by molar-refractivity contribution is 6.00. The van der Waals surface area contributed by atoms with Gasteiger partial charge in [0, 0.05) is 13.0 Å². The summed E-state index contributed by atoms with van der Waals surface area (Å²) < 4.78 is 37.4. The third-order valence-electron chi connectivity index (χ3n) is 2.59. The van der Waals surface area contributed by atoms with Crippen LogP contribution < -0.4 is 0 Å². The van der Waals surface area contributed by atoms with Crippen LogP contribution in [0.2, 0.25) is 0 Å². The van der Waals surface area contributed by atoms with Crippen molar-refractivity contribution in [2.45, 2.75) is 25.6 Å². The monoisotopic (exact) mass is 273 g/mol. The average molecular weight is 273 g/mol. The van der Waals surface area contributed by atoms with Gasteiger partial charge in [-0.2, -0.15) is 13.2 Å². The second-order valence-corrected chi connectivity index (χ2v) is 4.01. The second kappa shape index (κ2) is 4.87. The van der Waals surface area contributed by atoms with E-state index in [9.17, 15) is 18.0 Å². The van der Waals surface area contributed by atoms with Gasteiger partial charge in [-0.3, -0.25) is 0 Å². The van der Waals surface area contributed by atoms with Gasteiger partial charge in [-0.1, -0.05) is 11.3 Å². The van der Waals surface area contributed by atoms with E-state index in [1.807, 2.05) is 0 Å². The molecule has 0 aliphatic heterocycles. The molecule has 2 aromatic rings. The van der Waals surface area contributed by atoms with Gasteiger partial charge in [-0.05, 0) is 18.6 Å². The number of para-hydroxylation sites is 1. The summed E-state index contributed by atoms with van der Waals surface area (Å²) in [5.74, 6) is -1.16. The minimum Gasteiger partial charge on any atom is -0.478 e. The highest BCUT2D eigenvalue weighted by Gasteiger charge is 2.26. The Labute approximate surface area is 105 Å². The Morgan fingerprint density at radius 1 is 1.37 bits per heavy atom. The molecule has 0 spiro atoms. The molecule has 1 N–H and O–H groups in total. The van der Waals surface area contributed by atoms with Crippen LogP contribution >= 0.6 is 0 Å². The van der Waals surface area contributed by atoms with E-state index in [4.69, 9.17) is 5.11 Å². The number of nitrogens with zero attached hydrogens (tertiary/aromatic N) is 3. The van der Waals surface area contributed by atoms with Crippen LogP contribution in [0.5, 0.6) is 0 Å². The molecule has 0 aliphatic rings. The number of rotatable bonds is 4. The number of benzene rings is 1. The molecule has 0 atom stereocenters. The quantitative estimate of drug-likeness (QED) is 0.929. The molecule has 0 saturated heterocycles. The lowest BCUT2D eigenvalue weighted by Crippen LogP contribution is -2.11. The predicted octanol–water partition coefficient (Wildman–Crippen LogP) is 2.47. The number of carboxylic acids is 1. The molecule has 0 saturated carbocycles. The van der Waals surface area contributed by atoms with Crippen molar-refractivity contribution in [2.75, 3.05) is 0 Å². The number of carboxylic acid groups (broad SMARTS) is 1. The standard InChI is InChI=1S/C11H10F3N3O2/c12-11(13,14)5-2-6-17-9-7(10(18)19)3-1-4-8(9)15-16-17/h1,3-4H,2,5-6H2,(H,18,19). The first-order valence-corrected chi connectivity index (χ1v) is 5.51. The first-order chi connectivity index (χ1) is 8.88. The predicted molar refractivity (Wildman–Crippen MR) is 59.8 cm³/mol. The van der Waals surface area contributed by atoms with Crippen LogP contribution in [0.3, 0.4) is 0 Å². The van der Waals surface area contributed by atoms with Gasteiger partial charge in [-0.15, -0.1) is 5.10 Å². The lowest BCUT2D eigenvalue weighted by molar-refractivity contribution is -0.136. The van der Waals surface area contributed by atoms with Crippen LogP contribution in [0, 0.1) is 0 Å². The molecule has 102 valence electrons. The van der Waals surface area contributed by atoms with Gasteiger partial charge in [-0.25, -0.2) is 9.48 Å². The van der Waals surface area contributed by atoms with Crippen LogP contribution in [0.25, 0.3) is 11.0 Å². The Kier molecular flexibility index (Phi) is 3.41. The molecule has 2 rings (SSSR count). The fraction of sp³-hybridized carbons (Fsp3) is 0.364. The number of hydrogen-bond donors (Lipinski definition) is 1. The van der Waals surface area contributed by atoms with Crippen LogP contribution in [0.15, 0.2) is 18.2 Å². The van der Waals surface area contributed by atoms with E-state index in [0.29, 0.717) is 5.52 Å². The number of aromatic nitrogens is 3. The smallest absolute Gasteiger partial charge is 0.389 e. The van der Waals surface area contributed by atoms with E-state index < -0.39 is 18.6 Å². The molecule has 19 heavy (non-hydrogen) atoms. The molecule has 1 aromatic carbocycles. The fourth-order valence-corrected chi connectivity index (χ4v) is 1.79. The maximum atomic E-state index is 12.1. The highest BCUT2D eigenvalue weighted by Crippen LogP contribution is 2.23. The molecule has 1 heterocycles. The lowest BCUT2D eigenvalue weighted by atomic mass is 10.2. The van der Waals surface area contributed by atoms with E-state index in [0.717, 1.165) is 0 Å². The van der Waals surface area contributed by atoms with Crippen LogP contribution in [-0.4, -0.2) is 32.2 Å². The van der Waals surface area contributed by atoms with Crippen LogP contribution in [0.1, 0.15) is 23.2 Å². The summed E-state index contributed by atoms with van der Waals surface area (Å²) in [5.41, 5.74) is 0.582. The minimum atomic E-state index is -4.23. The zero-order valence-electron chi connectivity index (χ0n) is 9.68. The van der Waals surface area contributed by atoms with Crippen molar-refractivity contribution in [1.82, 2.24) is 15.0 Å². The van der Waals surface area contributed by atoms with Crippen molar-refractivity contribution in [2.24, 2.45) is 0 Å². The van der Waals surface area contributed by atoms with Gasteiger partial charge in [0.25, 0.3) is 0 Å². The van der Waals surface area contributed by atoms with Crippen LogP contribution in [0.4, 0.5) is 13.2 Å². The van der Waals surface area contributed by atoms with Crippen LogP contribution in [-0.2, 0) is 6.54 Å². The van der Waals surface area contributed by atoms with E-state index in [2.05, 4.69) is 10.3 Å². The number of aromatic carboxylic acids is 1. The fourth-order valence-electron chi connectivity index (χ4n) is 1.79. The normalized spacial score (nSPS) is 11.9. The summed E-state index contributed by atoms with van der Waals surface area (Å²) in [5, 5.41) is 16.5. The van der Waals surface area contributed by atoms with Crippen molar-refractivity contribution >= 4 is 17.0 Å². The molecule has 0 fully saturated rings. The summed E-state index contributed by atoms with van der Waals surface area (Å²) >= 11 is 0. The van der Waals surface area contributed by atoms with E-state index >= 15 is 0 Å². The van der Waals surface area contributed by atoms with E-state index in [1.165, 1.54) is 16.8 Å². The Balaban J connectivity index is 2.26. The van der Waals surface area contributed by atoms with E-state index in [1.54, 1.807) is 6.07 Å². The maximum absolute atomic E-state index is 12.1. The number of aryl methyl sites for hydroxylation is 1. The molecular formula is C11H10F3N3O2. The number of halogens is 3. The molecule has 5 nitrogen and oxygen atoms in total. The number of alkyl halides is 3. The Morgan fingerprint density at radius 2 is 2.11 bits per heavy atom. The summed E-state index contributed by atoms with van der Waals surface area (Å²) in [6.07, 6.45) is -5.34. The van der Waals surface area contributed by atoms with Gasteiger partial charge in [0.2, 0.25) is 0 Å². The molecule has 0 bridgehead atoms. The van der Waals surface area contributed by atoms with Gasteiger partial charge >= 0.3 is 12.1 Å². The summed E-state index contributed by atoms with van der Waals surface area (Å²) in [4.78, 5) is 11.0. The number of carbonyl (C=O) groups is 1. The second-order valence-electron chi connectivity index (χ2n) is 4.01. The van der Waals surface area contributed by atoms with Crippen molar-refractivity contribution in [3.63, 3.8) is 0 Å². The summed E-state index contributed by atoms with van der Waals surface area (Å²) in [7, 11) is 0. The van der Waals surface area contributed by atoms with Crippen molar-refractivity contribution in [1.29, 1.82) is 0 Å². The van der Waals surface area contributed by atoms with Crippen molar-refractivity contribution in [3.05, 3.63) is 23.8 Å². The average Bonchev–Trinajstić information content (AvgIpc) is 2.70. The zero-order valence-corrected chi connectivity index (χ0v) is 9.68. The molecule has 0 amide bonds. The third-order valence-corrected chi connectivity index (χ3v) is 2.59. The third kappa shape index (κ3) is 3.01. The number of hydrogen-bond acceptors (Lipinski definition) is 3. The first kappa shape index (κ1) is 13.3. The van der Waals surface area contributed by atoms with E-state index in [-0.39, 0.29) is 24.0 Å². The Morgan fingerprint density at radius 3 is 2.74 bits per heavy atom. The summed E-state index contributed by atoms with van der Waals surface area (Å²) in [6.45, 7) is -0.0275. The lowest BCUT2D eigenvalue weighted by Gasteiger charge is -2.07. The topological polar surface area (TPSA) is 68.0 Å². The first-order valence-electron chi connectivity index (χ1n) is 5.51. The Hall–Kier alpha value is -2.12. The molecule has 8 heteroatoms. The molecular weight excluding hydrogens is 263 g/mol. The number of fused-ring (bicyclic) bond motifs is 1. The molecule has 0 aliphatic carbocycles. The Bertz CT molecular complexity index is 607. The molecule has 0 radical (unpaired) electrons. The van der Waals surface area contributed by atoms with Crippen molar-refractivity contribution < 1.29 is 23.1 Å². The minimum absolute atomic E-state index is 0.0190. The molecule has 1 aromatic heterocycles. The van der Waals surface area contributed by atoms with Gasteiger partial charge in [0.1, 0.15) is 11.0 Å². The zero-order chi connectivity index (χ0) is 14.0. The van der Waals surface area contributed by atoms with Gasteiger partial charge in [0.05, 0.1) is 5.56 Å². The largest absolute Gasteiger partial charge is 0.478 e.